The van der Waals surface area contributed by atoms with Gasteiger partial charge in [-0.15, -0.1) is 0 Å². The SMILES string of the molecule is CC(/C=C/C(=O)NO)=C\C(C)S(=O)(=O)c1ccc(Cl)c(Cl)c1. The van der Waals surface area contributed by atoms with E-state index in [1.807, 2.05) is 0 Å². The average Bonchev–Trinajstić information content (AvgIpc) is 2.47. The molecule has 0 aliphatic rings. The summed E-state index contributed by atoms with van der Waals surface area (Å²) in [6.07, 6.45) is 3.97. The van der Waals surface area contributed by atoms with Gasteiger partial charge in [0.2, 0.25) is 0 Å². The molecule has 0 aliphatic carbocycles. The molecule has 22 heavy (non-hydrogen) atoms. The zero-order chi connectivity index (χ0) is 16.9. The summed E-state index contributed by atoms with van der Waals surface area (Å²) in [5.74, 6) is -0.701. The fourth-order valence-corrected chi connectivity index (χ4v) is 3.35. The Morgan fingerprint density at radius 1 is 1.27 bits per heavy atom. The molecule has 5 nitrogen and oxygen atoms in total. The van der Waals surface area contributed by atoms with Crippen molar-refractivity contribution < 1.29 is 18.4 Å². The highest BCUT2D eigenvalue weighted by Crippen LogP contribution is 2.27. The van der Waals surface area contributed by atoms with E-state index >= 15 is 0 Å². The number of benzene rings is 1. The minimum absolute atomic E-state index is 0.0653. The number of halogens is 2. The molecule has 1 rings (SSSR count). The van der Waals surface area contributed by atoms with E-state index in [0.717, 1.165) is 6.08 Å². The summed E-state index contributed by atoms with van der Waals surface area (Å²) in [6.45, 7) is 3.16. The Balaban J connectivity index is 3.04. The largest absolute Gasteiger partial charge is 0.288 e. The monoisotopic (exact) mass is 363 g/mol. The Morgan fingerprint density at radius 3 is 2.45 bits per heavy atom. The lowest BCUT2D eigenvalue weighted by Gasteiger charge is -2.10. The van der Waals surface area contributed by atoms with Crippen molar-refractivity contribution in [2.24, 2.45) is 0 Å². The van der Waals surface area contributed by atoms with Gasteiger partial charge in [-0.2, -0.15) is 0 Å². The number of amides is 1. The molecule has 1 amide bonds. The zero-order valence-electron chi connectivity index (χ0n) is 11.9. The van der Waals surface area contributed by atoms with Crippen LogP contribution >= 0.6 is 23.2 Å². The van der Waals surface area contributed by atoms with Crippen LogP contribution in [0, 0.1) is 0 Å². The van der Waals surface area contributed by atoms with E-state index in [9.17, 15) is 13.2 Å². The molecule has 1 unspecified atom stereocenters. The van der Waals surface area contributed by atoms with Crippen LogP contribution in [0.15, 0.2) is 46.9 Å². The number of allylic oxidation sites excluding steroid dienone is 2. The van der Waals surface area contributed by atoms with E-state index in [0.29, 0.717) is 5.57 Å². The van der Waals surface area contributed by atoms with E-state index in [-0.39, 0.29) is 14.9 Å². The van der Waals surface area contributed by atoms with Crippen molar-refractivity contribution in [3.63, 3.8) is 0 Å². The zero-order valence-corrected chi connectivity index (χ0v) is 14.2. The van der Waals surface area contributed by atoms with E-state index in [1.165, 1.54) is 42.8 Å². The van der Waals surface area contributed by atoms with Crippen molar-refractivity contribution in [2.45, 2.75) is 24.0 Å². The average molecular weight is 364 g/mol. The van der Waals surface area contributed by atoms with Crippen LogP contribution in [0.5, 0.6) is 0 Å². The van der Waals surface area contributed by atoms with Crippen molar-refractivity contribution in [3.8, 4) is 0 Å². The summed E-state index contributed by atoms with van der Waals surface area (Å²) in [6, 6.07) is 4.11. The third-order valence-corrected chi connectivity index (χ3v) is 5.58. The minimum atomic E-state index is -3.62. The second-order valence-electron chi connectivity index (χ2n) is 4.55. The molecule has 0 heterocycles. The molecule has 0 radical (unpaired) electrons. The van der Waals surface area contributed by atoms with E-state index in [1.54, 1.807) is 6.92 Å². The minimum Gasteiger partial charge on any atom is -0.288 e. The summed E-state index contributed by atoms with van der Waals surface area (Å²) in [4.78, 5) is 10.9. The number of hydroxylamine groups is 1. The Morgan fingerprint density at radius 2 is 1.91 bits per heavy atom. The van der Waals surface area contributed by atoms with Crippen LogP contribution in [-0.2, 0) is 14.6 Å². The predicted molar refractivity (Wildman–Crippen MR) is 85.9 cm³/mol. The van der Waals surface area contributed by atoms with Gasteiger partial charge in [-0.25, -0.2) is 13.9 Å². The molecule has 1 aromatic rings. The third-order valence-electron chi connectivity index (χ3n) is 2.81. The van der Waals surface area contributed by atoms with Crippen LogP contribution in [0.1, 0.15) is 13.8 Å². The fourth-order valence-electron chi connectivity index (χ4n) is 1.63. The summed E-state index contributed by atoms with van der Waals surface area (Å²) in [5, 5.41) is 7.98. The van der Waals surface area contributed by atoms with Gasteiger partial charge in [-0.1, -0.05) is 40.9 Å². The molecule has 8 heteroatoms. The summed E-state index contributed by atoms with van der Waals surface area (Å²) in [5.41, 5.74) is 2.00. The molecule has 0 saturated heterocycles. The van der Waals surface area contributed by atoms with Crippen LogP contribution < -0.4 is 5.48 Å². The molecule has 0 aliphatic heterocycles. The van der Waals surface area contributed by atoms with Crippen LogP contribution in [0.25, 0.3) is 0 Å². The van der Waals surface area contributed by atoms with Crippen LogP contribution in [0.4, 0.5) is 0 Å². The molecule has 2 N–H and O–H groups in total. The molecular formula is C14H15Cl2NO4S. The van der Waals surface area contributed by atoms with E-state index in [4.69, 9.17) is 28.4 Å². The van der Waals surface area contributed by atoms with Crippen molar-refractivity contribution in [3.05, 3.63) is 52.0 Å². The van der Waals surface area contributed by atoms with Gasteiger partial charge in [0.25, 0.3) is 5.91 Å². The molecule has 1 aromatic carbocycles. The molecule has 0 saturated carbocycles. The lowest BCUT2D eigenvalue weighted by molar-refractivity contribution is -0.124. The maximum atomic E-state index is 12.4. The lowest BCUT2D eigenvalue weighted by Crippen LogP contribution is -2.16. The molecule has 0 aromatic heterocycles. The predicted octanol–water partition coefficient (Wildman–Crippen LogP) is 3.16. The Labute approximate surface area is 139 Å². The van der Waals surface area contributed by atoms with Gasteiger partial charge in [0, 0.05) is 6.08 Å². The number of sulfone groups is 1. The molecule has 0 fully saturated rings. The number of rotatable bonds is 5. The Kier molecular flexibility index (Phi) is 6.62. The van der Waals surface area contributed by atoms with Crippen molar-refractivity contribution in [1.29, 1.82) is 0 Å². The number of hydrogen-bond acceptors (Lipinski definition) is 4. The number of carbonyl (C=O) groups is 1. The van der Waals surface area contributed by atoms with Gasteiger partial charge >= 0.3 is 0 Å². The van der Waals surface area contributed by atoms with Gasteiger partial charge < -0.3 is 0 Å². The van der Waals surface area contributed by atoms with Crippen LogP contribution in [0.2, 0.25) is 10.0 Å². The highest BCUT2D eigenvalue weighted by atomic mass is 35.5. The number of nitrogens with one attached hydrogen (secondary N) is 1. The lowest BCUT2D eigenvalue weighted by atomic mass is 10.2. The Bertz CT molecular complexity index is 726. The molecule has 120 valence electrons. The van der Waals surface area contributed by atoms with Gasteiger partial charge in [0.05, 0.1) is 20.2 Å². The van der Waals surface area contributed by atoms with Crippen LogP contribution in [0.3, 0.4) is 0 Å². The first-order chi connectivity index (χ1) is 10.2. The summed E-state index contributed by atoms with van der Waals surface area (Å²) >= 11 is 11.6. The first-order valence-corrected chi connectivity index (χ1v) is 8.48. The first kappa shape index (κ1) is 18.7. The first-order valence-electron chi connectivity index (χ1n) is 6.18. The van der Waals surface area contributed by atoms with Crippen molar-refractivity contribution in [2.75, 3.05) is 0 Å². The highest BCUT2D eigenvalue weighted by molar-refractivity contribution is 7.92. The van der Waals surface area contributed by atoms with Crippen molar-refractivity contribution >= 4 is 38.9 Å². The van der Waals surface area contributed by atoms with E-state index in [2.05, 4.69) is 0 Å². The molecule has 0 spiro atoms. The smallest absolute Gasteiger partial charge is 0.267 e. The van der Waals surface area contributed by atoms with Gasteiger partial charge in [-0.3, -0.25) is 10.0 Å². The Hall–Kier alpha value is -1.34. The third kappa shape index (κ3) is 4.84. The van der Waals surface area contributed by atoms with Crippen LogP contribution in [-0.4, -0.2) is 24.8 Å². The fraction of sp³-hybridized carbons (Fsp3) is 0.214. The van der Waals surface area contributed by atoms with Gasteiger partial charge in [0.1, 0.15) is 0 Å². The highest BCUT2D eigenvalue weighted by Gasteiger charge is 2.22. The molecule has 1 atom stereocenters. The second kappa shape index (κ2) is 7.78. The van der Waals surface area contributed by atoms with Gasteiger partial charge in [0.15, 0.2) is 9.84 Å². The van der Waals surface area contributed by atoms with Gasteiger partial charge in [-0.05, 0) is 32.0 Å². The maximum absolute atomic E-state index is 12.4. The molecule has 0 bridgehead atoms. The second-order valence-corrected chi connectivity index (χ2v) is 7.67. The normalized spacial score (nSPS) is 14.1. The number of carbonyl (C=O) groups excluding carboxylic acids is 1. The summed E-state index contributed by atoms with van der Waals surface area (Å²) < 4.78 is 24.9. The standard InChI is InChI=1S/C14H15Cl2NO4S/c1-9(3-6-14(18)17-19)7-10(2)22(20,21)11-4-5-12(15)13(16)8-11/h3-8,10,19H,1-2H3,(H,17,18)/b6-3+,9-7+. The number of hydrogen-bond donors (Lipinski definition) is 2. The maximum Gasteiger partial charge on any atom is 0.267 e. The summed E-state index contributed by atoms with van der Waals surface area (Å²) in [7, 11) is -3.62. The van der Waals surface area contributed by atoms with E-state index < -0.39 is 21.0 Å². The molecular weight excluding hydrogens is 349 g/mol. The topological polar surface area (TPSA) is 83.5 Å². The quantitative estimate of drug-likeness (QED) is 0.364. The van der Waals surface area contributed by atoms with Crippen molar-refractivity contribution in [1.82, 2.24) is 5.48 Å².